The number of benzene rings is 2. The number of aromatic amines is 1. The normalized spacial score (nSPS) is 16.3. The number of fused-ring (bicyclic) bond motifs is 3. The SMILES string of the molecule is CCn1cc(CN2CCc3c([nH]c4ccccc34)[C@@H]2c2cccc(OC)c2OC)c(C)n1. The van der Waals surface area contributed by atoms with Gasteiger partial charge in [0.25, 0.3) is 0 Å². The summed E-state index contributed by atoms with van der Waals surface area (Å²) < 4.78 is 13.5. The van der Waals surface area contributed by atoms with E-state index in [-0.39, 0.29) is 6.04 Å². The first-order chi connectivity index (χ1) is 15.6. The van der Waals surface area contributed by atoms with Gasteiger partial charge in [-0.3, -0.25) is 9.58 Å². The Morgan fingerprint density at radius 1 is 1.09 bits per heavy atom. The van der Waals surface area contributed by atoms with E-state index >= 15 is 0 Å². The summed E-state index contributed by atoms with van der Waals surface area (Å²) in [5.74, 6) is 1.54. The molecule has 1 aliphatic rings. The minimum Gasteiger partial charge on any atom is -0.493 e. The van der Waals surface area contributed by atoms with Gasteiger partial charge in [-0.25, -0.2) is 0 Å². The highest BCUT2D eigenvalue weighted by Gasteiger charge is 2.34. The molecule has 1 N–H and O–H groups in total. The number of hydrogen-bond acceptors (Lipinski definition) is 4. The molecule has 1 atom stereocenters. The number of rotatable bonds is 6. The molecule has 2 aromatic carbocycles. The summed E-state index contributed by atoms with van der Waals surface area (Å²) in [6.45, 7) is 6.88. The van der Waals surface area contributed by atoms with Gasteiger partial charge in [0.2, 0.25) is 0 Å². The van der Waals surface area contributed by atoms with Gasteiger partial charge < -0.3 is 14.5 Å². The molecule has 4 aromatic rings. The Morgan fingerprint density at radius 2 is 1.94 bits per heavy atom. The largest absolute Gasteiger partial charge is 0.493 e. The maximum atomic E-state index is 5.87. The van der Waals surface area contributed by atoms with Crippen LogP contribution in [0.4, 0.5) is 0 Å². The van der Waals surface area contributed by atoms with Gasteiger partial charge in [0.1, 0.15) is 0 Å². The van der Waals surface area contributed by atoms with Gasteiger partial charge in [-0.1, -0.05) is 30.3 Å². The van der Waals surface area contributed by atoms with Gasteiger partial charge in [-0.2, -0.15) is 5.10 Å². The van der Waals surface area contributed by atoms with Gasteiger partial charge in [-0.15, -0.1) is 0 Å². The molecule has 0 unspecified atom stereocenters. The maximum absolute atomic E-state index is 5.87. The zero-order valence-corrected chi connectivity index (χ0v) is 19.2. The van der Waals surface area contributed by atoms with Crippen molar-refractivity contribution in [1.29, 1.82) is 0 Å². The fourth-order valence-electron chi connectivity index (χ4n) is 5.04. The highest BCUT2D eigenvalue weighted by atomic mass is 16.5. The van der Waals surface area contributed by atoms with Crippen LogP contribution in [0.2, 0.25) is 0 Å². The Hall–Kier alpha value is -3.25. The summed E-state index contributed by atoms with van der Waals surface area (Å²) in [5, 5.41) is 5.98. The van der Waals surface area contributed by atoms with Crippen LogP contribution in [-0.4, -0.2) is 40.4 Å². The van der Waals surface area contributed by atoms with Crippen LogP contribution in [0.1, 0.15) is 41.0 Å². The van der Waals surface area contributed by atoms with Crippen LogP contribution in [0.5, 0.6) is 11.5 Å². The van der Waals surface area contributed by atoms with E-state index in [9.17, 15) is 0 Å². The molecule has 6 nitrogen and oxygen atoms in total. The van der Waals surface area contributed by atoms with E-state index in [0.29, 0.717) is 0 Å². The van der Waals surface area contributed by atoms with E-state index in [0.717, 1.165) is 48.8 Å². The van der Waals surface area contributed by atoms with E-state index in [4.69, 9.17) is 9.47 Å². The standard InChI is InChI=1S/C26H30N4O2/c1-5-30-16-18(17(2)28-30)15-29-14-13-20-19-9-6-7-11-22(19)27-24(20)25(29)21-10-8-12-23(31-3)26(21)32-4/h6-12,16,25,27H,5,13-15H2,1-4H3/t25-/m0/s1. The monoisotopic (exact) mass is 430 g/mol. The second kappa shape index (κ2) is 8.36. The molecule has 2 aromatic heterocycles. The first kappa shape index (κ1) is 20.6. The molecule has 0 radical (unpaired) electrons. The summed E-state index contributed by atoms with van der Waals surface area (Å²) in [6, 6.07) is 14.8. The Labute approximate surface area is 188 Å². The number of methoxy groups -OCH3 is 2. The molecule has 0 saturated carbocycles. The molecular weight excluding hydrogens is 400 g/mol. The minimum absolute atomic E-state index is 0.0283. The van der Waals surface area contributed by atoms with E-state index in [1.165, 1.54) is 27.7 Å². The Kier molecular flexibility index (Phi) is 5.39. The molecular formula is C26H30N4O2. The number of para-hydroxylation sites is 2. The van der Waals surface area contributed by atoms with Gasteiger partial charge in [0.15, 0.2) is 11.5 Å². The molecule has 32 heavy (non-hydrogen) atoms. The average molecular weight is 431 g/mol. The number of H-pyrrole nitrogens is 1. The predicted octanol–water partition coefficient (Wildman–Crippen LogP) is 4.86. The van der Waals surface area contributed by atoms with Crippen LogP contribution >= 0.6 is 0 Å². The van der Waals surface area contributed by atoms with E-state index in [2.05, 4.69) is 65.4 Å². The molecule has 0 saturated heterocycles. The summed E-state index contributed by atoms with van der Waals surface area (Å²) in [7, 11) is 3.41. The lowest BCUT2D eigenvalue weighted by Crippen LogP contribution is -2.36. The lowest BCUT2D eigenvalue weighted by Gasteiger charge is -2.36. The van der Waals surface area contributed by atoms with Crippen molar-refractivity contribution in [2.75, 3.05) is 20.8 Å². The van der Waals surface area contributed by atoms with Crippen LogP contribution in [0.3, 0.4) is 0 Å². The lowest BCUT2D eigenvalue weighted by molar-refractivity contribution is 0.197. The number of hydrogen-bond donors (Lipinski definition) is 1. The smallest absolute Gasteiger partial charge is 0.165 e. The van der Waals surface area contributed by atoms with E-state index in [1.54, 1.807) is 14.2 Å². The molecule has 3 heterocycles. The quantitative estimate of drug-likeness (QED) is 0.475. The second-order valence-corrected chi connectivity index (χ2v) is 8.36. The number of nitrogens with one attached hydrogen (secondary N) is 1. The summed E-state index contributed by atoms with van der Waals surface area (Å²) in [4.78, 5) is 6.27. The Bertz CT molecular complexity index is 1260. The van der Waals surface area contributed by atoms with Gasteiger partial charge in [-0.05, 0) is 38.0 Å². The third kappa shape index (κ3) is 3.35. The molecule has 0 aliphatic carbocycles. The fraction of sp³-hybridized carbons (Fsp3) is 0.346. The molecule has 0 amide bonds. The number of ether oxygens (including phenoxy) is 2. The van der Waals surface area contributed by atoms with Crippen LogP contribution in [0.25, 0.3) is 10.9 Å². The third-order valence-electron chi connectivity index (χ3n) is 6.61. The van der Waals surface area contributed by atoms with Crippen LogP contribution < -0.4 is 9.47 Å². The van der Waals surface area contributed by atoms with Crippen molar-refractivity contribution in [3.05, 3.63) is 76.7 Å². The number of aryl methyl sites for hydroxylation is 2. The van der Waals surface area contributed by atoms with Crippen molar-refractivity contribution in [1.82, 2.24) is 19.7 Å². The van der Waals surface area contributed by atoms with Crippen molar-refractivity contribution >= 4 is 10.9 Å². The summed E-state index contributed by atoms with van der Waals surface area (Å²) >= 11 is 0. The molecule has 1 aliphatic heterocycles. The molecule has 166 valence electrons. The van der Waals surface area contributed by atoms with Crippen molar-refractivity contribution in [3.63, 3.8) is 0 Å². The first-order valence-corrected chi connectivity index (χ1v) is 11.2. The summed E-state index contributed by atoms with van der Waals surface area (Å²) in [5.41, 5.74) is 7.28. The predicted molar refractivity (Wildman–Crippen MR) is 126 cm³/mol. The first-order valence-electron chi connectivity index (χ1n) is 11.2. The highest BCUT2D eigenvalue weighted by molar-refractivity contribution is 5.85. The molecule has 5 rings (SSSR count). The van der Waals surface area contributed by atoms with Gasteiger partial charge in [0, 0.05) is 53.6 Å². The zero-order chi connectivity index (χ0) is 22.2. The van der Waals surface area contributed by atoms with E-state index in [1.807, 2.05) is 16.8 Å². The Morgan fingerprint density at radius 3 is 2.69 bits per heavy atom. The van der Waals surface area contributed by atoms with Crippen molar-refractivity contribution in [2.24, 2.45) is 0 Å². The Balaban J connectivity index is 1.66. The number of aromatic nitrogens is 3. The topological polar surface area (TPSA) is 55.3 Å². The van der Waals surface area contributed by atoms with Crippen molar-refractivity contribution < 1.29 is 9.47 Å². The maximum Gasteiger partial charge on any atom is 0.165 e. The zero-order valence-electron chi connectivity index (χ0n) is 19.2. The average Bonchev–Trinajstić information content (AvgIpc) is 3.38. The molecule has 0 fully saturated rings. The van der Waals surface area contributed by atoms with Crippen LogP contribution in [-0.2, 0) is 19.5 Å². The molecule has 6 heteroatoms. The van der Waals surface area contributed by atoms with Crippen molar-refractivity contribution in [2.45, 2.75) is 39.4 Å². The van der Waals surface area contributed by atoms with Crippen LogP contribution in [0, 0.1) is 6.92 Å². The van der Waals surface area contributed by atoms with Gasteiger partial charge >= 0.3 is 0 Å². The lowest BCUT2D eigenvalue weighted by atomic mass is 9.91. The summed E-state index contributed by atoms with van der Waals surface area (Å²) in [6.07, 6.45) is 3.18. The van der Waals surface area contributed by atoms with Crippen molar-refractivity contribution in [3.8, 4) is 11.5 Å². The van der Waals surface area contributed by atoms with Crippen LogP contribution in [0.15, 0.2) is 48.7 Å². The highest BCUT2D eigenvalue weighted by Crippen LogP contribution is 2.44. The molecule has 0 bridgehead atoms. The van der Waals surface area contributed by atoms with Gasteiger partial charge in [0.05, 0.1) is 26.0 Å². The second-order valence-electron chi connectivity index (χ2n) is 8.36. The number of nitrogens with zero attached hydrogens (tertiary/aromatic N) is 3. The fourth-order valence-corrected chi connectivity index (χ4v) is 5.04. The minimum atomic E-state index is 0.0283. The third-order valence-corrected chi connectivity index (χ3v) is 6.61. The van der Waals surface area contributed by atoms with E-state index < -0.39 is 0 Å². The molecule has 0 spiro atoms.